The van der Waals surface area contributed by atoms with E-state index in [-0.39, 0.29) is 11.7 Å². The molecule has 22 heavy (non-hydrogen) atoms. The summed E-state index contributed by atoms with van der Waals surface area (Å²) >= 11 is 0. The minimum absolute atomic E-state index is 0.280. The van der Waals surface area contributed by atoms with Crippen LogP contribution in [-0.4, -0.2) is 20.7 Å². The first-order valence-corrected chi connectivity index (χ1v) is 6.69. The lowest BCUT2D eigenvalue weighted by atomic mass is 10.1. The number of anilines is 1. The molecule has 6 heteroatoms. The molecule has 0 spiro atoms. The lowest BCUT2D eigenvalue weighted by Gasteiger charge is -2.06. The van der Waals surface area contributed by atoms with E-state index < -0.39 is 0 Å². The molecule has 1 heterocycles. The second-order valence-electron chi connectivity index (χ2n) is 4.75. The SMILES string of the molecule is O=C(Nc1cccc(F)c1)c1ccc(Cn2cncn2)cc1. The summed E-state index contributed by atoms with van der Waals surface area (Å²) in [4.78, 5) is 16.0. The Kier molecular flexibility index (Phi) is 3.91. The van der Waals surface area contributed by atoms with Gasteiger partial charge in [-0.2, -0.15) is 5.10 Å². The Morgan fingerprint density at radius 2 is 2.00 bits per heavy atom. The van der Waals surface area contributed by atoms with E-state index >= 15 is 0 Å². The molecule has 110 valence electrons. The number of rotatable bonds is 4. The van der Waals surface area contributed by atoms with Gasteiger partial charge in [-0.3, -0.25) is 4.79 Å². The lowest BCUT2D eigenvalue weighted by Crippen LogP contribution is -2.12. The van der Waals surface area contributed by atoms with E-state index in [2.05, 4.69) is 15.4 Å². The van der Waals surface area contributed by atoms with E-state index in [4.69, 9.17) is 0 Å². The summed E-state index contributed by atoms with van der Waals surface area (Å²) in [5.74, 6) is -0.668. The van der Waals surface area contributed by atoms with E-state index in [0.717, 1.165) is 5.56 Å². The van der Waals surface area contributed by atoms with E-state index in [1.54, 1.807) is 35.3 Å². The maximum atomic E-state index is 13.1. The quantitative estimate of drug-likeness (QED) is 0.805. The molecule has 3 aromatic rings. The second-order valence-corrected chi connectivity index (χ2v) is 4.75. The van der Waals surface area contributed by atoms with Gasteiger partial charge in [-0.05, 0) is 35.9 Å². The summed E-state index contributed by atoms with van der Waals surface area (Å²) in [7, 11) is 0. The predicted octanol–water partition coefficient (Wildman–Crippen LogP) is 2.72. The topological polar surface area (TPSA) is 59.8 Å². The zero-order chi connectivity index (χ0) is 15.4. The Hall–Kier alpha value is -3.02. The Morgan fingerprint density at radius 3 is 2.68 bits per heavy atom. The molecule has 1 amide bonds. The molecule has 0 atom stereocenters. The molecule has 2 aromatic carbocycles. The number of amides is 1. The highest BCUT2D eigenvalue weighted by Crippen LogP contribution is 2.12. The number of halogens is 1. The number of hydrogen-bond acceptors (Lipinski definition) is 3. The maximum Gasteiger partial charge on any atom is 0.255 e. The molecule has 0 saturated heterocycles. The second kappa shape index (κ2) is 6.17. The number of aromatic nitrogens is 3. The fourth-order valence-electron chi connectivity index (χ4n) is 2.03. The molecular weight excluding hydrogens is 283 g/mol. The Morgan fingerprint density at radius 1 is 1.18 bits per heavy atom. The smallest absolute Gasteiger partial charge is 0.255 e. The monoisotopic (exact) mass is 296 g/mol. The third kappa shape index (κ3) is 3.35. The summed E-state index contributed by atoms with van der Waals surface area (Å²) < 4.78 is 14.8. The van der Waals surface area contributed by atoms with Crippen molar-refractivity contribution in [3.63, 3.8) is 0 Å². The average molecular weight is 296 g/mol. The number of carbonyl (C=O) groups is 1. The normalized spacial score (nSPS) is 10.4. The Balaban J connectivity index is 1.68. The van der Waals surface area contributed by atoms with Crippen molar-refractivity contribution >= 4 is 11.6 Å². The van der Waals surface area contributed by atoms with Crippen molar-refractivity contribution in [1.82, 2.24) is 14.8 Å². The van der Waals surface area contributed by atoms with Gasteiger partial charge >= 0.3 is 0 Å². The lowest BCUT2D eigenvalue weighted by molar-refractivity contribution is 0.102. The molecule has 0 aliphatic carbocycles. The molecule has 0 fully saturated rings. The fourth-order valence-corrected chi connectivity index (χ4v) is 2.03. The van der Waals surface area contributed by atoms with Gasteiger partial charge in [-0.25, -0.2) is 14.1 Å². The molecule has 1 aromatic heterocycles. The van der Waals surface area contributed by atoms with Crippen LogP contribution in [0.25, 0.3) is 0 Å². The van der Waals surface area contributed by atoms with Crippen molar-refractivity contribution in [2.45, 2.75) is 6.54 Å². The minimum atomic E-state index is -0.388. The average Bonchev–Trinajstić information content (AvgIpc) is 3.01. The molecule has 3 rings (SSSR count). The number of nitrogens with zero attached hydrogens (tertiary/aromatic N) is 3. The van der Waals surface area contributed by atoms with E-state index in [9.17, 15) is 9.18 Å². The standard InChI is InChI=1S/C16H13FN4O/c17-14-2-1-3-15(8-14)20-16(22)13-6-4-12(5-7-13)9-21-11-18-10-19-21/h1-8,10-11H,9H2,(H,20,22). The summed E-state index contributed by atoms with van der Waals surface area (Å²) in [6, 6.07) is 12.9. The van der Waals surface area contributed by atoms with Crippen molar-refractivity contribution in [3.05, 3.63) is 78.1 Å². The van der Waals surface area contributed by atoms with Crippen LogP contribution in [0.1, 0.15) is 15.9 Å². The van der Waals surface area contributed by atoms with Crippen LogP contribution >= 0.6 is 0 Å². The van der Waals surface area contributed by atoms with Crippen molar-refractivity contribution in [1.29, 1.82) is 0 Å². The molecular formula is C16H13FN4O. The van der Waals surface area contributed by atoms with Crippen LogP contribution in [0.2, 0.25) is 0 Å². The van der Waals surface area contributed by atoms with Crippen LogP contribution in [0.3, 0.4) is 0 Å². The van der Waals surface area contributed by atoms with Gasteiger partial charge in [0.25, 0.3) is 5.91 Å². The number of carbonyl (C=O) groups excluding carboxylic acids is 1. The molecule has 0 unspecified atom stereocenters. The van der Waals surface area contributed by atoms with Crippen LogP contribution in [0.4, 0.5) is 10.1 Å². The van der Waals surface area contributed by atoms with Crippen LogP contribution < -0.4 is 5.32 Å². The highest BCUT2D eigenvalue weighted by Gasteiger charge is 2.06. The largest absolute Gasteiger partial charge is 0.322 e. The van der Waals surface area contributed by atoms with Gasteiger partial charge in [-0.15, -0.1) is 0 Å². The first-order valence-electron chi connectivity index (χ1n) is 6.69. The molecule has 0 aliphatic rings. The molecule has 0 aliphatic heterocycles. The highest BCUT2D eigenvalue weighted by molar-refractivity contribution is 6.04. The van der Waals surface area contributed by atoms with Crippen LogP contribution in [0.15, 0.2) is 61.2 Å². The maximum absolute atomic E-state index is 13.1. The number of benzene rings is 2. The molecule has 1 N–H and O–H groups in total. The first kappa shape index (κ1) is 13.9. The van der Waals surface area contributed by atoms with Crippen molar-refractivity contribution in [3.8, 4) is 0 Å². The summed E-state index contributed by atoms with van der Waals surface area (Å²) in [6.07, 6.45) is 3.10. The van der Waals surface area contributed by atoms with Gasteiger partial charge in [0.2, 0.25) is 0 Å². The van der Waals surface area contributed by atoms with Gasteiger partial charge < -0.3 is 5.32 Å². The van der Waals surface area contributed by atoms with E-state index in [0.29, 0.717) is 17.8 Å². The van der Waals surface area contributed by atoms with Gasteiger partial charge in [0, 0.05) is 11.3 Å². The van der Waals surface area contributed by atoms with Crippen LogP contribution in [0, 0.1) is 5.82 Å². The third-order valence-corrected chi connectivity index (χ3v) is 3.11. The Labute approximate surface area is 126 Å². The Bertz CT molecular complexity index is 769. The van der Waals surface area contributed by atoms with Gasteiger partial charge in [-0.1, -0.05) is 18.2 Å². The molecule has 0 radical (unpaired) electrons. The van der Waals surface area contributed by atoms with E-state index in [1.165, 1.54) is 18.5 Å². The van der Waals surface area contributed by atoms with Crippen molar-refractivity contribution in [2.24, 2.45) is 0 Å². The van der Waals surface area contributed by atoms with E-state index in [1.807, 2.05) is 12.1 Å². The predicted molar refractivity (Wildman–Crippen MR) is 79.9 cm³/mol. The van der Waals surface area contributed by atoms with Crippen LogP contribution in [0.5, 0.6) is 0 Å². The third-order valence-electron chi connectivity index (χ3n) is 3.11. The zero-order valence-electron chi connectivity index (χ0n) is 11.6. The highest BCUT2D eigenvalue weighted by atomic mass is 19.1. The first-order chi connectivity index (χ1) is 10.7. The zero-order valence-corrected chi connectivity index (χ0v) is 11.6. The number of nitrogens with one attached hydrogen (secondary N) is 1. The summed E-state index contributed by atoms with van der Waals surface area (Å²) in [5, 5.41) is 6.68. The molecule has 0 saturated carbocycles. The minimum Gasteiger partial charge on any atom is -0.322 e. The van der Waals surface area contributed by atoms with Crippen molar-refractivity contribution < 1.29 is 9.18 Å². The number of hydrogen-bond donors (Lipinski definition) is 1. The summed E-state index contributed by atoms with van der Waals surface area (Å²) in [6.45, 7) is 0.589. The van der Waals surface area contributed by atoms with Gasteiger partial charge in [0.1, 0.15) is 18.5 Å². The molecule has 0 bridgehead atoms. The summed E-state index contributed by atoms with van der Waals surface area (Å²) in [5.41, 5.74) is 1.94. The van der Waals surface area contributed by atoms with Crippen LogP contribution in [-0.2, 0) is 6.54 Å². The van der Waals surface area contributed by atoms with Crippen molar-refractivity contribution in [2.75, 3.05) is 5.32 Å². The van der Waals surface area contributed by atoms with Gasteiger partial charge in [0.05, 0.1) is 6.54 Å². The molecule has 5 nitrogen and oxygen atoms in total. The fraction of sp³-hybridized carbons (Fsp3) is 0.0625. The van der Waals surface area contributed by atoms with Gasteiger partial charge in [0.15, 0.2) is 0 Å².